The van der Waals surface area contributed by atoms with Crippen LogP contribution in [0.15, 0.2) is 58.2 Å². The third-order valence-electron chi connectivity index (χ3n) is 4.69. The summed E-state index contributed by atoms with van der Waals surface area (Å²) in [5.74, 6) is -2.48. The van der Waals surface area contributed by atoms with Crippen molar-refractivity contribution in [2.45, 2.75) is 32.2 Å². The van der Waals surface area contributed by atoms with Crippen LogP contribution in [0.25, 0.3) is 11.4 Å². The molecular weight excluding hydrogens is 469 g/mol. The zero-order valence-electron chi connectivity index (χ0n) is 18.7. The van der Waals surface area contributed by atoms with Crippen molar-refractivity contribution in [3.8, 4) is 11.4 Å². The van der Waals surface area contributed by atoms with Gasteiger partial charge in [0, 0.05) is 11.1 Å². The van der Waals surface area contributed by atoms with E-state index in [-0.39, 0.29) is 35.9 Å². The van der Waals surface area contributed by atoms with Gasteiger partial charge < -0.3 is 19.4 Å². The van der Waals surface area contributed by atoms with Gasteiger partial charge >= 0.3 is 18.0 Å². The molecule has 1 unspecified atom stereocenters. The van der Waals surface area contributed by atoms with Crippen molar-refractivity contribution in [3.63, 3.8) is 0 Å². The molecule has 3 rings (SSSR count). The van der Waals surface area contributed by atoms with Crippen LogP contribution >= 0.6 is 0 Å². The summed E-state index contributed by atoms with van der Waals surface area (Å²) in [6, 6.07) is 12.4. The van der Waals surface area contributed by atoms with Gasteiger partial charge in [-0.05, 0) is 30.2 Å². The Labute approximate surface area is 197 Å². The number of hydrogen-bond donors (Lipinski definition) is 1. The topological polar surface area (TPSA) is 116 Å². The molecule has 35 heavy (non-hydrogen) atoms. The number of oxime groups is 1. The fourth-order valence-corrected chi connectivity index (χ4v) is 2.89. The van der Waals surface area contributed by atoms with Crippen LogP contribution in [0.2, 0.25) is 0 Å². The molecule has 3 aromatic rings. The number of alkyl halides is 3. The molecule has 0 aliphatic rings. The first-order chi connectivity index (χ1) is 16.7. The van der Waals surface area contributed by atoms with Crippen LogP contribution in [0.1, 0.15) is 34.3 Å². The number of hydrogen-bond acceptors (Lipinski definition) is 8. The summed E-state index contributed by atoms with van der Waals surface area (Å²) in [4.78, 5) is 32.5. The molecule has 0 radical (unpaired) electrons. The second-order valence-corrected chi connectivity index (χ2v) is 7.31. The Morgan fingerprint density at radius 2 is 1.83 bits per heavy atom. The zero-order valence-corrected chi connectivity index (χ0v) is 18.7. The number of benzene rings is 2. The Hall–Kier alpha value is -4.22. The molecule has 0 bridgehead atoms. The van der Waals surface area contributed by atoms with Gasteiger partial charge in [0.15, 0.2) is 0 Å². The summed E-state index contributed by atoms with van der Waals surface area (Å²) in [6.45, 7) is 1.81. The van der Waals surface area contributed by atoms with E-state index in [9.17, 15) is 22.8 Å². The molecule has 0 fully saturated rings. The van der Waals surface area contributed by atoms with Gasteiger partial charge in [-0.3, -0.25) is 9.59 Å². The van der Waals surface area contributed by atoms with Crippen molar-refractivity contribution in [1.82, 2.24) is 15.5 Å². The Balaban J connectivity index is 1.51. The number of aromatic nitrogens is 2. The summed E-state index contributed by atoms with van der Waals surface area (Å²) in [5.41, 5.74) is 2.06. The monoisotopic (exact) mass is 490 g/mol. The average molecular weight is 490 g/mol. The molecule has 2 aromatic carbocycles. The number of esters is 1. The Morgan fingerprint density at radius 3 is 2.46 bits per heavy atom. The van der Waals surface area contributed by atoms with Gasteiger partial charge in [-0.15, -0.1) is 0 Å². The first kappa shape index (κ1) is 25.4. The van der Waals surface area contributed by atoms with E-state index in [0.717, 1.165) is 11.1 Å². The lowest BCUT2D eigenvalue weighted by Crippen LogP contribution is -2.33. The largest absolute Gasteiger partial charge is 0.471 e. The minimum absolute atomic E-state index is 0.112. The van der Waals surface area contributed by atoms with Gasteiger partial charge in [0.1, 0.15) is 6.61 Å². The van der Waals surface area contributed by atoms with Gasteiger partial charge in [0.05, 0.1) is 25.8 Å². The summed E-state index contributed by atoms with van der Waals surface area (Å²) >= 11 is 0. The van der Waals surface area contributed by atoms with E-state index in [1.165, 1.54) is 37.6 Å². The van der Waals surface area contributed by atoms with Crippen molar-refractivity contribution in [3.05, 3.63) is 71.1 Å². The number of methoxy groups -OCH3 is 1. The van der Waals surface area contributed by atoms with Gasteiger partial charge in [-0.1, -0.05) is 46.7 Å². The third-order valence-corrected chi connectivity index (χ3v) is 4.69. The van der Waals surface area contributed by atoms with Crippen LogP contribution in [0.3, 0.4) is 0 Å². The SMILES string of the molecule is COC(=O)Cc1ccccc1CON=CC(C)NC(=O)c1ccc(-c2noc(C(F)(F)F)n2)cc1. The zero-order chi connectivity index (χ0) is 25.4. The van der Waals surface area contributed by atoms with Crippen LogP contribution in [-0.4, -0.2) is 41.4 Å². The summed E-state index contributed by atoms with van der Waals surface area (Å²) in [5, 5.41) is 9.85. The fraction of sp³-hybridized carbons (Fsp3) is 0.261. The van der Waals surface area contributed by atoms with Crippen molar-refractivity contribution < 1.29 is 36.9 Å². The molecule has 0 aliphatic heterocycles. The minimum Gasteiger partial charge on any atom is -0.469 e. The number of amides is 1. The second kappa shape index (κ2) is 11.3. The lowest BCUT2D eigenvalue weighted by atomic mass is 10.1. The van der Waals surface area contributed by atoms with Crippen molar-refractivity contribution in [2.24, 2.45) is 5.16 Å². The fourth-order valence-electron chi connectivity index (χ4n) is 2.89. The maximum absolute atomic E-state index is 12.6. The highest BCUT2D eigenvalue weighted by Gasteiger charge is 2.38. The number of nitrogens with one attached hydrogen (secondary N) is 1. The quantitative estimate of drug-likeness (QED) is 0.276. The van der Waals surface area contributed by atoms with Gasteiger partial charge in [-0.2, -0.15) is 18.2 Å². The van der Waals surface area contributed by atoms with E-state index in [0.29, 0.717) is 0 Å². The maximum Gasteiger partial charge on any atom is 0.471 e. The number of carbonyl (C=O) groups excluding carboxylic acids is 2. The van der Waals surface area contributed by atoms with Crippen LogP contribution in [0, 0.1) is 0 Å². The molecule has 1 heterocycles. The normalized spacial score (nSPS) is 12.4. The molecule has 184 valence electrons. The summed E-state index contributed by atoms with van der Waals surface area (Å²) < 4.78 is 46.7. The summed E-state index contributed by atoms with van der Waals surface area (Å²) in [7, 11) is 1.32. The lowest BCUT2D eigenvalue weighted by Gasteiger charge is -2.10. The minimum atomic E-state index is -4.74. The lowest BCUT2D eigenvalue weighted by molar-refractivity contribution is -0.159. The molecule has 1 aromatic heterocycles. The van der Waals surface area contributed by atoms with Gasteiger partial charge in [0.2, 0.25) is 5.82 Å². The number of carbonyl (C=O) groups is 2. The standard InChI is InChI=1S/C23H21F3N4O5/c1-14(12-27-34-13-18-6-4-3-5-17(18)11-19(31)33-2)28-21(32)16-9-7-15(8-10-16)20-29-22(35-30-20)23(24,25)26/h3-10,12,14H,11,13H2,1-2H3,(H,28,32). The number of nitrogens with zero attached hydrogens (tertiary/aromatic N) is 3. The predicted molar refractivity (Wildman–Crippen MR) is 117 cm³/mol. The molecule has 9 nitrogen and oxygen atoms in total. The first-order valence-corrected chi connectivity index (χ1v) is 10.3. The number of halogens is 3. The Morgan fingerprint density at radius 1 is 1.14 bits per heavy atom. The molecule has 12 heteroatoms. The highest BCUT2D eigenvalue weighted by molar-refractivity contribution is 5.96. The molecule has 1 atom stereocenters. The van der Waals surface area contributed by atoms with E-state index in [1.807, 2.05) is 6.07 Å². The van der Waals surface area contributed by atoms with E-state index in [4.69, 9.17) is 4.84 Å². The smallest absolute Gasteiger partial charge is 0.469 e. The second-order valence-electron chi connectivity index (χ2n) is 7.31. The van der Waals surface area contributed by atoms with Crippen molar-refractivity contribution in [2.75, 3.05) is 7.11 Å². The Bertz CT molecular complexity index is 1190. The Kier molecular flexibility index (Phi) is 8.18. The predicted octanol–water partition coefficient (Wildman–Crippen LogP) is 3.79. The third kappa shape index (κ3) is 7.13. The van der Waals surface area contributed by atoms with Crippen LogP contribution < -0.4 is 5.32 Å². The van der Waals surface area contributed by atoms with E-state index >= 15 is 0 Å². The molecule has 1 amide bonds. The molecule has 0 saturated heterocycles. The van der Waals surface area contributed by atoms with E-state index in [1.54, 1.807) is 25.1 Å². The molecule has 1 N–H and O–H groups in total. The first-order valence-electron chi connectivity index (χ1n) is 10.3. The highest BCUT2D eigenvalue weighted by Crippen LogP contribution is 2.29. The van der Waals surface area contributed by atoms with E-state index < -0.39 is 24.0 Å². The van der Waals surface area contributed by atoms with Crippen LogP contribution in [0.5, 0.6) is 0 Å². The molecule has 0 saturated carbocycles. The van der Waals surface area contributed by atoms with E-state index in [2.05, 4.69) is 29.9 Å². The highest BCUT2D eigenvalue weighted by atomic mass is 19.4. The van der Waals surface area contributed by atoms with Crippen LogP contribution in [0.4, 0.5) is 13.2 Å². The molecular formula is C23H21F3N4O5. The van der Waals surface area contributed by atoms with Crippen molar-refractivity contribution in [1.29, 1.82) is 0 Å². The number of rotatable bonds is 9. The van der Waals surface area contributed by atoms with Crippen molar-refractivity contribution >= 4 is 18.1 Å². The van der Waals surface area contributed by atoms with Gasteiger partial charge in [-0.25, -0.2) is 0 Å². The molecule has 0 spiro atoms. The van der Waals surface area contributed by atoms with Gasteiger partial charge in [0.25, 0.3) is 5.91 Å². The average Bonchev–Trinajstić information content (AvgIpc) is 3.34. The number of ether oxygens (including phenoxy) is 1. The van der Waals surface area contributed by atoms with Crippen LogP contribution in [-0.2, 0) is 33.6 Å². The summed E-state index contributed by atoms with van der Waals surface area (Å²) in [6.07, 6.45) is -3.23. The maximum atomic E-state index is 12.6. The molecule has 0 aliphatic carbocycles.